The molecule has 0 saturated carbocycles. The van der Waals surface area contributed by atoms with Gasteiger partial charge < -0.3 is 14.2 Å². The number of carbonyl (C=O) groups excluding carboxylic acids is 3. The molecule has 60 heavy (non-hydrogen) atoms. The molecule has 0 aliphatic carbocycles. The summed E-state index contributed by atoms with van der Waals surface area (Å²) in [5.41, 5.74) is 0. The fourth-order valence-corrected chi connectivity index (χ4v) is 7.15. The SMILES string of the molecule is CCCCC/C=C\C/C=C\CCCCCCCCCC(=O)OCC(COC(=O)CCCCCCCCCC)OC(=O)CCCCCCCCC/C=C\C/C=C\CCCCC. The van der Waals surface area contributed by atoms with Crippen LogP contribution in [0.2, 0.25) is 0 Å². The van der Waals surface area contributed by atoms with E-state index in [2.05, 4.69) is 69.4 Å². The number of carbonyl (C=O) groups is 3. The lowest BCUT2D eigenvalue weighted by atomic mass is 10.1. The normalized spacial score (nSPS) is 12.4. The van der Waals surface area contributed by atoms with Gasteiger partial charge in [0.25, 0.3) is 0 Å². The molecule has 0 heterocycles. The minimum atomic E-state index is -0.776. The Balaban J connectivity index is 4.31. The molecule has 0 rings (SSSR count). The Labute approximate surface area is 371 Å². The first-order valence-electron chi connectivity index (χ1n) is 25.6. The second kappa shape index (κ2) is 49.0. The highest BCUT2D eigenvalue weighted by atomic mass is 16.6. The van der Waals surface area contributed by atoms with E-state index in [-0.39, 0.29) is 31.1 Å². The van der Waals surface area contributed by atoms with Gasteiger partial charge in [0.15, 0.2) is 6.10 Å². The van der Waals surface area contributed by atoms with E-state index in [0.29, 0.717) is 19.3 Å². The van der Waals surface area contributed by atoms with Crippen molar-refractivity contribution in [3.63, 3.8) is 0 Å². The fourth-order valence-electron chi connectivity index (χ4n) is 7.15. The molecule has 0 aliphatic rings. The largest absolute Gasteiger partial charge is 0.462 e. The molecule has 0 amide bonds. The molecule has 0 fully saturated rings. The van der Waals surface area contributed by atoms with Crippen LogP contribution in [0.5, 0.6) is 0 Å². The van der Waals surface area contributed by atoms with Gasteiger partial charge in [-0.05, 0) is 83.5 Å². The first kappa shape index (κ1) is 57.4. The van der Waals surface area contributed by atoms with Crippen LogP contribution in [0.3, 0.4) is 0 Å². The number of hydrogen-bond acceptors (Lipinski definition) is 6. The van der Waals surface area contributed by atoms with E-state index in [1.165, 1.54) is 135 Å². The van der Waals surface area contributed by atoms with Crippen molar-refractivity contribution < 1.29 is 28.6 Å². The maximum Gasteiger partial charge on any atom is 0.306 e. The summed E-state index contributed by atoms with van der Waals surface area (Å²) in [6, 6.07) is 0. The highest BCUT2D eigenvalue weighted by Crippen LogP contribution is 2.14. The number of hydrogen-bond donors (Lipinski definition) is 0. The molecule has 0 radical (unpaired) electrons. The van der Waals surface area contributed by atoms with Gasteiger partial charge in [-0.1, -0.05) is 204 Å². The van der Waals surface area contributed by atoms with Crippen molar-refractivity contribution in [2.24, 2.45) is 0 Å². The molecule has 0 saturated heterocycles. The topological polar surface area (TPSA) is 78.9 Å². The lowest BCUT2D eigenvalue weighted by Crippen LogP contribution is -2.30. The Morgan fingerprint density at radius 3 is 0.950 bits per heavy atom. The fraction of sp³-hybridized carbons (Fsp3) is 0.796. The van der Waals surface area contributed by atoms with Crippen molar-refractivity contribution in [1.82, 2.24) is 0 Å². The summed E-state index contributed by atoms with van der Waals surface area (Å²) in [6.07, 6.45) is 58.1. The molecule has 1 unspecified atom stereocenters. The molecule has 0 aromatic heterocycles. The van der Waals surface area contributed by atoms with Gasteiger partial charge in [0.1, 0.15) is 13.2 Å². The van der Waals surface area contributed by atoms with E-state index in [9.17, 15) is 14.4 Å². The molecule has 6 nitrogen and oxygen atoms in total. The van der Waals surface area contributed by atoms with Crippen LogP contribution in [-0.2, 0) is 28.6 Å². The minimum Gasteiger partial charge on any atom is -0.462 e. The molecular weight excluding hydrogens is 745 g/mol. The average molecular weight is 841 g/mol. The summed E-state index contributed by atoms with van der Waals surface area (Å²) in [7, 11) is 0. The third kappa shape index (κ3) is 46.4. The van der Waals surface area contributed by atoms with Crippen molar-refractivity contribution in [2.45, 2.75) is 264 Å². The van der Waals surface area contributed by atoms with Gasteiger partial charge in [0, 0.05) is 19.3 Å². The number of rotatable bonds is 46. The first-order chi connectivity index (χ1) is 29.5. The summed E-state index contributed by atoms with van der Waals surface area (Å²) in [5, 5.41) is 0. The van der Waals surface area contributed by atoms with Crippen LogP contribution in [-0.4, -0.2) is 37.2 Å². The van der Waals surface area contributed by atoms with Crippen molar-refractivity contribution in [3.05, 3.63) is 48.6 Å². The molecule has 6 heteroatoms. The molecule has 0 aromatic rings. The first-order valence-corrected chi connectivity index (χ1v) is 25.6. The van der Waals surface area contributed by atoms with E-state index in [1.54, 1.807) is 0 Å². The second-order valence-corrected chi connectivity index (χ2v) is 17.1. The Hall–Kier alpha value is -2.63. The van der Waals surface area contributed by atoms with Crippen molar-refractivity contribution >= 4 is 17.9 Å². The maximum absolute atomic E-state index is 12.8. The Kier molecular flexibility index (Phi) is 46.9. The van der Waals surface area contributed by atoms with Crippen molar-refractivity contribution in [2.75, 3.05) is 13.2 Å². The van der Waals surface area contributed by atoms with Crippen LogP contribution < -0.4 is 0 Å². The summed E-state index contributed by atoms with van der Waals surface area (Å²) in [5.74, 6) is -0.892. The van der Waals surface area contributed by atoms with Gasteiger partial charge >= 0.3 is 17.9 Å². The summed E-state index contributed by atoms with van der Waals surface area (Å²) in [6.45, 7) is 6.55. The highest BCUT2D eigenvalue weighted by molar-refractivity contribution is 5.71. The molecule has 0 aromatic carbocycles. The van der Waals surface area contributed by atoms with Crippen LogP contribution in [0, 0.1) is 0 Å². The van der Waals surface area contributed by atoms with Crippen molar-refractivity contribution in [1.29, 1.82) is 0 Å². The van der Waals surface area contributed by atoms with Crippen LogP contribution in [0.25, 0.3) is 0 Å². The number of unbranched alkanes of at least 4 members (excludes halogenated alkanes) is 27. The van der Waals surface area contributed by atoms with Gasteiger partial charge in [-0.25, -0.2) is 0 Å². The predicted octanol–water partition coefficient (Wildman–Crippen LogP) is 16.7. The molecule has 0 bridgehead atoms. The van der Waals surface area contributed by atoms with Gasteiger partial charge in [-0.2, -0.15) is 0 Å². The standard InChI is InChI=1S/C54H96O6/c1-4-7-10-13-16-19-21-23-25-27-29-31-33-35-38-41-44-47-53(56)59-50-51(49-58-52(55)46-43-40-37-18-15-12-9-6-3)60-54(57)48-45-42-39-36-34-32-30-28-26-24-22-20-17-14-11-8-5-2/h16-17,19-20,23-26,51H,4-15,18,21-22,27-50H2,1-3H3/b19-16-,20-17-,25-23-,26-24-. The third-order valence-electron chi connectivity index (χ3n) is 11.1. The predicted molar refractivity (Wildman–Crippen MR) is 256 cm³/mol. The minimum absolute atomic E-state index is 0.0776. The zero-order valence-corrected chi connectivity index (χ0v) is 39.7. The summed E-state index contributed by atoms with van der Waals surface area (Å²) in [4.78, 5) is 37.8. The number of allylic oxidation sites excluding steroid dienone is 8. The van der Waals surface area contributed by atoms with Crippen molar-refractivity contribution in [3.8, 4) is 0 Å². The molecule has 0 aliphatic heterocycles. The Morgan fingerprint density at radius 1 is 0.333 bits per heavy atom. The van der Waals surface area contributed by atoms with Crippen LogP contribution in [0.4, 0.5) is 0 Å². The van der Waals surface area contributed by atoms with Gasteiger partial charge in [0.05, 0.1) is 0 Å². The van der Waals surface area contributed by atoms with Crippen LogP contribution in [0.1, 0.15) is 258 Å². The van der Waals surface area contributed by atoms with E-state index >= 15 is 0 Å². The maximum atomic E-state index is 12.8. The number of esters is 3. The van der Waals surface area contributed by atoms with E-state index < -0.39 is 6.10 Å². The highest BCUT2D eigenvalue weighted by Gasteiger charge is 2.19. The summed E-state index contributed by atoms with van der Waals surface area (Å²) >= 11 is 0. The molecule has 1 atom stereocenters. The van der Waals surface area contributed by atoms with Gasteiger partial charge in [-0.3, -0.25) is 14.4 Å². The zero-order valence-electron chi connectivity index (χ0n) is 39.7. The lowest BCUT2D eigenvalue weighted by Gasteiger charge is -2.18. The summed E-state index contributed by atoms with van der Waals surface area (Å²) < 4.78 is 16.7. The zero-order chi connectivity index (χ0) is 43.7. The quantitative estimate of drug-likeness (QED) is 0.0263. The second-order valence-electron chi connectivity index (χ2n) is 17.1. The lowest BCUT2D eigenvalue weighted by molar-refractivity contribution is -0.167. The molecule has 348 valence electrons. The van der Waals surface area contributed by atoms with E-state index in [0.717, 1.165) is 83.5 Å². The smallest absolute Gasteiger partial charge is 0.306 e. The van der Waals surface area contributed by atoms with Gasteiger partial charge in [0.2, 0.25) is 0 Å². The third-order valence-corrected chi connectivity index (χ3v) is 11.1. The van der Waals surface area contributed by atoms with E-state index in [4.69, 9.17) is 14.2 Å². The Morgan fingerprint density at radius 2 is 0.600 bits per heavy atom. The molecular formula is C54H96O6. The molecule has 0 spiro atoms. The van der Waals surface area contributed by atoms with E-state index in [1.807, 2.05) is 0 Å². The number of ether oxygens (including phenoxy) is 3. The van der Waals surface area contributed by atoms with Gasteiger partial charge in [-0.15, -0.1) is 0 Å². The average Bonchev–Trinajstić information content (AvgIpc) is 3.24. The van der Waals surface area contributed by atoms with Crippen LogP contribution in [0.15, 0.2) is 48.6 Å². The Bertz CT molecular complexity index is 1060. The van der Waals surface area contributed by atoms with Crippen LogP contribution >= 0.6 is 0 Å². The molecule has 0 N–H and O–H groups in total. The monoisotopic (exact) mass is 841 g/mol.